The lowest BCUT2D eigenvalue weighted by molar-refractivity contribution is -0.139. The van der Waals surface area contributed by atoms with Crippen LogP contribution in [0.15, 0.2) is 84.9 Å². The molecule has 0 spiro atoms. The first-order valence-corrected chi connectivity index (χ1v) is 10.1. The summed E-state index contributed by atoms with van der Waals surface area (Å²) >= 11 is 0. The lowest BCUT2D eigenvalue weighted by Gasteiger charge is -2.24. The molecular formula is C25H24F3NO3. The first kappa shape index (κ1) is 23.7. The van der Waals surface area contributed by atoms with E-state index in [0.717, 1.165) is 23.3 Å². The highest BCUT2D eigenvalue weighted by atomic mass is 19.4. The van der Waals surface area contributed by atoms with Crippen LogP contribution in [0, 0.1) is 0 Å². The molecule has 0 aliphatic rings. The van der Waals surface area contributed by atoms with Crippen molar-refractivity contribution in [1.82, 2.24) is 0 Å². The van der Waals surface area contributed by atoms with Crippen LogP contribution >= 0.6 is 0 Å². The molecule has 0 aromatic heterocycles. The third-order valence-corrected chi connectivity index (χ3v) is 4.89. The number of alkyl halides is 3. The quantitative estimate of drug-likeness (QED) is 0.475. The van der Waals surface area contributed by atoms with Gasteiger partial charge in [0.05, 0.1) is 24.8 Å². The monoisotopic (exact) mass is 443 g/mol. The maximum absolute atomic E-state index is 12.9. The molecule has 7 heteroatoms. The normalized spacial score (nSPS) is 13.5. The van der Waals surface area contributed by atoms with E-state index in [1.165, 1.54) is 12.1 Å². The number of carbonyl (C=O) groups is 1. The number of ether oxygens (including phenoxy) is 2. The maximum atomic E-state index is 12.9. The third kappa shape index (κ3) is 6.75. The smallest absolute Gasteiger partial charge is 0.369 e. The molecule has 2 atom stereocenters. The van der Waals surface area contributed by atoms with E-state index in [1.54, 1.807) is 0 Å². The minimum absolute atomic E-state index is 0.129. The van der Waals surface area contributed by atoms with E-state index in [1.807, 2.05) is 60.7 Å². The lowest BCUT2D eigenvalue weighted by atomic mass is 9.98. The molecule has 168 valence electrons. The summed E-state index contributed by atoms with van der Waals surface area (Å²) in [5.74, 6) is -0.385. The van der Waals surface area contributed by atoms with E-state index in [0.29, 0.717) is 5.56 Å². The largest absolute Gasteiger partial charge is 0.416 e. The molecule has 0 aliphatic heterocycles. The van der Waals surface area contributed by atoms with Crippen molar-refractivity contribution in [2.24, 2.45) is 5.73 Å². The first-order chi connectivity index (χ1) is 15.3. The Morgan fingerprint density at radius 2 is 1.34 bits per heavy atom. The van der Waals surface area contributed by atoms with Crippen molar-refractivity contribution in [3.8, 4) is 0 Å². The molecule has 4 nitrogen and oxygen atoms in total. The molecule has 3 aromatic carbocycles. The Labute approximate surface area is 184 Å². The number of rotatable bonds is 10. The van der Waals surface area contributed by atoms with Gasteiger partial charge in [0, 0.05) is 0 Å². The topological polar surface area (TPSA) is 61.5 Å². The Balaban J connectivity index is 1.70. The molecule has 3 rings (SSSR count). The second-order valence-electron chi connectivity index (χ2n) is 7.31. The number of Topliss-reactive ketones (excluding diaryl/α,β-unsaturated/α-hetero) is 1. The summed E-state index contributed by atoms with van der Waals surface area (Å²) < 4.78 is 50.0. The predicted molar refractivity (Wildman–Crippen MR) is 114 cm³/mol. The number of nitrogens with two attached hydrogens (primary N) is 1. The highest BCUT2D eigenvalue weighted by Crippen LogP contribution is 2.30. The molecule has 0 radical (unpaired) electrons. The molecule has 0 heterocycles. The van der Waals surface area contributed by atoms with Gasteiger partial charge in [0.1, 0.15) is 12.7 Å². The predicted octanol–water partition coefficient (Wildman–Crippen LogP) is 5.08. The van der Waals surface area contributed by atoms with Crippen LogP contribution < -0.4 is 5.73 Å². The minimum atomic E-state index is -4.45. The van der Waals surface area contributed by atoms with E-state index in [9.17, 15) is 18.0 Å². The summed E-state index contributed by atoms with van der Waals surface area (Å²) in [7, 11) is 0. The maximum Gasteiger partial charge on any atom is 0.416 e. The van der Waals surface area contributed by atoms with Gasteiger partial charge in [-0.15, -0.1) is 0 Å². The van der Waals surface area contributed by atoms with Crippen molar-refractivity contribution >= 4 is 5.78 Å². The van der Waals surface area contributed by atoms with E-state index >= 15 is 0 Å². The Morgan fingerprint density at radius 3 is 1.88 bits per heavy atom. The fourth-order valence-electron chi connectivity index (χ4n) is 3.15. The molecule has 0 saturated heterocycles. The van der Waals surface area contributed by atoms with Crippen molar-refractivity contribution in [3.05, 3.63) is 107 Å². The van der Waals surface area contributed by atoms with Crippen LogP contribution in [0.5, 0.6) is 0 Å². The van der Waals surface area contributed by atoms with Crippen LogP contribution in [0.1, 0.15) is 28.3 Å². The summed E-state index contributed by atoms with van der Waals surface area (Å²) in [4.78, 5) is 12.9. The second-order valence-corrected chi connectivity index (χ2v) is 7.31. The number of hydrogen-bond acceptors (Lipinski definition) is 4. The zero-order valence-corrected chi connectivity index (χ0v) is 17.3. The number of hydrogen-bond donors (Lipinski definition) is 1. The zero-order chi connectivity index (χ0) is 23.0. The van der Waals surface area contributed by atoms with Crippen LogP contribution in [0.3, 0.4) is 0 Å². The van der Waals surface area contributed by atoms with Crippen LogP contribution in [-0.4, -0.2) is 18.5 Å². The summed E-state index contributed by atoms with van der Waals surface area (Å²) in [5.41, 5.74) is 7.60. The number of ketones is 1. The van der Waals surface area contributed by atoms with Gasteiger partial charge in [0.2, 0.25) is 0 Å². The highest BCUT2D eigenvalue weighted by Gasteiger charge is 2.32. The van der Waals surface area contributed by atoms with Crippen molar-refractivity contribution in [3.63, 3.8) is 0 Å². The lowest BCUT2D eigenvalue weighted by Crippen LogP contribution is -2.38. The molecule has 0 bridgehead atoms. The molecule has 0 aliphatic carbocycles. The number of carbonyl (C=O) groups excluding carboxylic acids is 1. The van der Waals surface area contributed by atoms with Gasteiger partial charge >= 0.3 is 6.18 Å². The highest BCUT2D eigenvalue weighted by molar-refractivity contribution is 5.85. The van der Waals surface area contributed by atoms with Gasteiger partial charge in [-0.1, -0.05) is 72.8 Å². The van der Waals surface area contributed by atoms with E-state index in [2.05, 4.69) is 0 Å². The van der Waals surface area contributed by atoms with Gasteiger partial charge < -0.3 is 15.2 Å². The molecule has 3 aromatic rings. The van der Waals surface area contributed by atoms with Crippen LogP contribution in [-0.2, 0) is 33.7 Å². The molecule has 0 unspecified atom stereocenters. The number of benzene rings is 3. The Morgan fingerprint density at radius 1 is 0.812 bits per heavy atom. The molecule has 32 heavy (non-hydrogen) atoms. The zero-order valence-electron chi connectivity index (χ0n) is 17.3. The van der Waals surface area contributed by atoms with E-state index in [-0.39, 0.29) is 25.6 Å². The van der Waals surface area contributed by atoms with E-state index < -0.39 is 23.9 Å². The van der Waals surface area contributed by atoms with E-state index in [4.69, 9.17) is 15.2 Å². The van der Waals surface area contributed by atoms with Crippen molar-refractivity contribution in [1.29, 1.82) is 0 Å². The van der Waals surface area contributed by atoms with Crippen molar-refractivity contribution < 1.29 is 27.4 Å². The minimum Gasteiger partial charge on any atom is -0.369 e. The van der Waals surface area contributed by atoms with Gasteiger partial charge in [0.25, 0.3) is 0 Å². The summed E-state index contributed by atoms with van der Waals surface area (Å²) in [5, 5.41) is 0. The Bertz CT molecular complexity index is 977. The summed E-state index contributed by atoms with van der Waals surface area (Å²) in [6.45, 7) is 0.139. The van der Waals surface area contributed by atoms with Crippen LogP contribution in [0.25, 0.3) is 0 Å². The van der Waals surface area contributed by atoms with Gasteiger partial charge in [-0.2, -0.15) is 13.2 Å². The summed E-state index contributed by atoms with van der Waals surface area (Å²) in [6.07, 6.45) is -5.53. The van der Waals surface area contributed by atoms with Gasteiger partial charge in [0.15, 0.2) is 5.78 Å². The SMILES string of the molecule is N[C@H](c1ccc(C(F)(F)F)cc1)[C@@H](OCc1ccccc1)C(=O)COCc1ccccc1. The van der Waals surface area contributed by atoms with Gasteiger partial charge in [-0.05, 0) is 28.8 Å². The van der Waals surface area contributed by atoms with Gasteiger partial charge in [-0.25, -0.2) is 0 Å². The average Bonchev–Trinajstić information content (AvgIpc) is 2.80. The second kappa shape index (κ2) is 11.0. The molecule has 2 N–H and O–H groups in total. The van der Waals surface area contributed by atoms with Crippen molar-refractivity contribution in [2.45, 2.75) is 31.5 Å². The molecule has 0 amide bonds. The Hall–Kier alpha value is -3.00. The standard InChI is InChI=1S/C25H24F3NO3/c26-25(27,28)21-13-11-20(12-14-21)23(29)24(32-16-19-9-5-2-6-10-19)22(30)17-31-15-18-7-3-1-4-8-18/h1-14,23-24H,15-17,29H2/t23-,24+/m1/s1. The van der Waals surface area contributed by atoms with Crippen LogP contribution in [0.2, 0.25) is 0 Å². The average molecular weight is 443 g/mol. The van der Waals surface area contributed by atoms with Crippen LogP contribution in [0.4, 0.5) is 13.2 Å². The molecule has 0 saturated carbocycles. The Kier molecular flexibility index (Phi) is 8.16. The van der Waals surface area contributed by atoms with Gasteiger partial charge in [-0.3, -0.25) is 4.79 Å². The molecular weight excluding hydrogens is 419 g/mol. The number of halogens is 3. The summed E-state index contributed by atoms with van der Waals surface area (Å²) in [6, 6.07) is 22.1. The third-order valence-electron chi connectivity index (χ3n) is 4.89. The van der Waals surface area contributed by atoms with Crippen molar-refractivity contribution in [2.75, 3.05) is 6.61 Å². The molecule has 0 fully saturated rings. The fourth-order valence-corrected chi connectivity index (χ4v) is 3.15. The fraction of sp³-hybridized carbons (Fsp3) is 0.240. The first-order valence-electron chi connectivity index (χ1n) is 10.1.